The highest BCUT2D eigenvalue weighted by atomic mass is 35.5. The summed E-state index contributed by atoms with van der Waals surface area (Å²) in [4.78, 5) is 54.2. The van der Waals surface area contributed by atoms with Crippen LogP contribution in [0, 0.1) is 10.1 Å². The maximum Gasteiger partial charge on any atom is 0.336 e. The van der Waals surface area contributed by atoms with Gasteiger partial charge in [-0.15, -0.1) is 0 Å². The summed E-state index contributed by atoms with van der Waals surface area (Å²) in [5.74, 6) is -5.99. The fraction of sp³-hybridized carbons (Fsp3) is 0.412. The van der Waals surface area contributed by atoms with Crippen molar-refractivity contribution in [3.63, 3.8) is 0 Å². The number of carbonyl (C=O) groups is 4. The molecule has 0 saturated carbocycles. The first-order chi connectivity index (χ1) is 14.8. The van der Waals surface area contributed by atoms with Gasteiger partial charge in [0.15, 0.2) is 10.4 Å². The number of aliphatic carboxylic acids is 2. The summed E-state index contributed by atoms with van der Waals surface area (Å²) in [6.45, 7) is -0.772. The van der Waals surface area contributed by atoms with Crippen molar-refractivity contribution < 1.29 is 49.3 Å². The van der Waals surface area contributed by atoms with Crippen LogP contribution in [0.4, 0.5) is 5.69 Å². The molecule has 0 aliphatic heterocycles. The number of carboxylic acids is 2. The second-order valence-electron chi connectivity index (χ2n) is 6.48. The standard InChI is InChI=1S/C17H18Cl2N2O11/c18-14(19)15(26)20-10(13(25)8-1-3-9(4-2-8)21(30)31)7-32-12(24)6-17(29,16(27)28)5-11(22)23/h1-4,10,13-14,25,29H,5-7H2,(H,20,26)(H,22,23)(H,27,28)/t10-,13-,17?/m1/s1. The van der Waals surface area contributed by atoms with Gasteiger partial charge in [-0.3, -0.25) is 24.5 Å². The summed E-state index contributed by atoms with van der Waals surface area (Å²) in [5.41, 5.74) is -3.15. The normalized spacial score (nSPS) is 14.7. The van der Waals surface area contributed by atoms with Crippen LogP contribution < -0.4 is 5.32 Å². The van der Waals surface area contributed by atoms with Crippen LogP contribution in [0.5, 0.6) is 0 Å². The first kappa shape index (κ1) is 27.0. The predicted molar refractivity (Wildman–Crippen MR) is 106 cm³/mol. The summed E-state index contributed by atoms with van der Waals surface area (Å²) >= 11 is 10.9. The Bertz CT molecular complexity index is 878. The smallest absolute Gasteiger partial charge is 0.336 e. The Kier molecular flexibility index (Phi) is 9.78. The van der Waals surface area contributed by atoms with Crippen molar-refractivity contribution >= 4 is 52.7 Å². The van der Waals surface area contributed by atoms with Gasteiger partial charge in [-0.25, -0.2) is 4.79 Å². The lowest BCUT2D eigenvalue weighted by Crippen LogP contribution is -2.46. The van der Waals surface area contributed by atoms with E-state index in [1.165, 1.54) is 12.1 Å². The van der Waals surface area contributed by atoms with E-state index in [0.717, 1.165) is 12.1 Å². The Labute approximate surface area is 189 Å². The van der Waals surface area contributed by atoms with Gasteiger partial charge < -0.3 is 30.5 Å². The van der Waals surface area contributed by atoms with Gasteiger partial charge in [-0.2, -0.15) is 0 Å². The van der Waals surface area contributed by atoms with E-state index in [9.17, 15) is 39.5 Å². The van der Waals surface area contributed by atoms with Crippen molar-refractivity contribution in [3.8, 4) is 0 Å². The molecule has 1 aromatic rings. The molecule has 0 saturated heterocycles. The summed E-state index contributed by atoms with van der Waals surface area (Å²) in [6.07, 6.45) is -4.11. The topological polar surface area (TPSA) is 214 Å². The van der Waals surface area contributed by atoms with Crippen LogP contribution in [0.25, 0.3) is 0 Å². The summed E-state index contributed by atoms with van der Waals surface area (Å²) in [6, 6.07) is 3.12. The van der Waals surface area contributed by atoms with Crippen molar-refractivity contribution in [2.24, 2.45) is 0 Å². The first-order valence-electron chi connectivity index (χ1n) is 8.61. The minimum atomic E-state index is -2.95. The lowest BCUT2D eigenvalue weighted by atomic mass is 9.96. The third-order valence-electron chi connectivity index (χ3n) is 4.05. The molecule has 0 spiro atoms. The third-order valence-corrected chi connectivity index (χ3v) is 4.45. The maximum atomic E-state index is 12.0. The number of nitro benzene ring substituents is 1. The van der Waals surface area contributed by atoms with Crippen LogP contribution in [-0.2, 0) is 23.9 Å². The van der Waals surface area contributed by atoms with E-state index in [-0.39, 0.29) is 11.3 Å². The van der Waals surface area contributed by atoms with Gasteiger partial charge in [0.25, 0.3) is 11.6 Å². The Morgan fingerprint density at radius 1 is 1.12 bits per heavy atom. The van der Waals surface area contributed by atoms with Crippen LogP contribution in [-0.4, -0.2) is 72.3 Å². The maximum absolute atomic E-state index is 12.0. The Morgan fingerprint density at radius 3 is 2.12 bits per heavy atom. The molecule has 0 aromatic heterocycles. The molecule has 1 aromatic carbocycles. The van der Waals surface area contributed by atoms with Gasteiger partial charge in [-0.05, 0) is 17.7 Å². The summed E-state index contributed by atoms with van der Waals surface area (Å²) < 4.78 is 4.79. The summed E-state index contributed by atoms with van der Waals surface area (Å²) in [7, 11) is 0. The van der Waals surface area contributed by atoms with Crippen molar-refractivity contribution in [1.29, 1.82) is 0 Å². The summed E-state index contributed by atoms with van der Waals surface area (Å²) in [5, 5.41) is 51.0. The van der Waals surface area contributed by atoms with E-state index in [0.29, 0.717) is 0 Å². The van der Waals surface area contributed by atoms with Crippen LogP contribution in [0.3, 0.4) is 0 Å². The molecular weight excluding hydrogens is 479 g/mol. The van der Waals surface area contributed by atoms with Gasteiger partial charge in [0.05, 0.1) is 23.8 Å². The van der Waals surface area contributed by atoms with Crippen LogP contribution in [0.1, 0.15) is 24.5 Å². The van der Waals surface area contributed by atoms with Crippen molar-refractivity contribution in [2.75, 3.05) is 6.61 Å². The molecule has 0 heterocycles. The quantitative estimate of drug-likeness (QED) is 0.113. The average molecular weight is 497 g/mol. The molecule has 1 rings (SSSR count). The van der Waals surface area contributed by atoms with E-state index >= 15 is 0 Å². The molecule has 13 nitrogen and oxygen atoms in total. The van der Waals surface area contributed by atoms with E-state index in [1.54, 1.807) is 0 Å². The second kappa shape index (κ2) is 11.6. The fourth-order valence-electron chi connectivity index (χ4n) is 2.42. The number of amides is 1. The largest absolute Gasteiger partial charge is 0.481 e. The molecule has 0 bridgehead atoms. The van der Waals surface area contributed by atoms with Crippen LogP contribution in [0.15, 0.2) is 24.3 Å². The number of carboxylic acid groups (broad SMARTS) is 2. The number of ether oxygens (including phenoxy) is 1. The Morgan fingerprint density at radius 2 is 1.69 bits per heavy atom. The average Bonchev–Trinajstić information content (AvgIpc) is 2.69. The van der Waals surface area contributed by atoms with E-state index < -0.39 is 70.8 Å². The van der Waals surface area contributed by atoms with Crippen LogP contribution in [0.2, 0.25) is 0 Å². The van der Waals surface area contributed by atoms with Gasteiger partial charge in [0, 0.05) is 12.1 Å². The van der Waals surface area contributed by atoms with Gasteiger partial charge >= 0.3 is 17.9 Å². The van der Waals surface area contributed by atoms with Gasteiger partial charge in [0.1, 0.15) is 12.7 Å². The number of aliphatic hydroxyl groups excluding tert-OH is 1. The van der Waals surface area contributed by atoms with Crippen molar-refractivity contribution in [3.05, 3.63) is 39.9 Å². The van der Waals surface area contributed by atoms with E-state index in [2.05, 4.69) is 5.32 Å². The Balaban J connectivity index is 2.98. The number of non-ortho nitro benzene ring substituents is 1. The van der Waals surface area contributed by atoms with Crippen molar-refractivity contribution in [2.45, 2.75) is 35.4 Å². The second-order valence-corrected chi connectivity index (χ2v) is 7.57. The molecule has 32 heavy (non-hydrogen) atoms. The van der Waals surface area contributed by atoms with Gasteiger partial charge in [0.2, 0.25) is 0 Å². The van der Waals surface area contributed by atoms with E-state index in [1.807, 2.05) is 0 Å². The molecule has 1 amide bonds. The van der Waals surface area contributed by atoms with Crippen molar-refractivity contribution in [1.82, 2.24) is 5.32 Å². The number of nitrogens with one attached hydrogen (secondary N) is 1. The zero-order valence-corrected chi connectivity index (χ0v) is 17.5. The number of esters is 1. The molecule has 0 radical (unpaired) electrons. The zero-order valence-electron chi connectivity index (χ0n) is 16.0. The SMILES string of the molecule is O=C(O)CC(O)(CC(=O)OC[C@@H](NC(=O)C(Cl)Cl)[C@H](O)c1ccc([N+](=O)[O-])cc1)C(=O)O. The predicted octanol–water partition coefficient (Wildman–Crippen LogP) is 0.140. The molecule has 1 unspecified atom stereocenters. The first-order valence-corrected chi connectivity index (χ1v) is 9.48. The highest BCUT2D eigenvalue weighted by molar-refractivity contribution is 6.53. The number of carbonyl (C=O) groups excluding carboxylic acids is 2. The number of hydrogen-bond acceptors (Lipinski definition) is 9. The third kappa shape index (κ3) is 7.92. The molecule has 0 fully saturated rings. The monoisotopic (exact) mass is 496 g/mol. The minimum Gasteiger partial charge on any atom is -0.481 e. The number of nitro groups is 1. The van der Waals surface area contributed by atoms with E-state index in [4.69, 9.17) is 38.2 Å². The number of hydrogen-bond donors (Lipinski definition) is 5. The molecule has 176 valence electrons. The number of halogens is 2. The number of nitrogens with zero attached hydrogens (tertiary/aromatic N) is 1. The molecule has 15 heteroatoms. The fourth-order valence-corrected chi connectivity index (χ4v) is 2.55. The van der Waals surface area contributed by atoms with Gasteiger partial charge in [-0.1, -0.05) is 23.2 Å². The minimum absolute atomic E-state index is 0.0746. The molecular formula is C17H18Cl2N2O11. The number of benzene rings is 1. The lowest BCUT2D eigenvalue weighted by Gasteiger charge is -2.25. The lowest BCUT2D eigenvalue weighted by molar-refractivity contribution is -0.384. The molecule has 0 aliphatic carbocycles. The Hall–Kier alpha value is -3.00. The molecule has 5 N–H and O–H groups in total. The zero-order chi connectivity index (χ0) is 24.6. The van der Waals surface area contributed by atoms with Crippen LogP contribution >= 0.6 is 23.2 Å². The highest BCUT2D eigenvalue weighted by Crippen LogP contribution is 2.22. The number of alkyl halides is 2. The number of rotatable bonds is 12. The highest BCUT2D eigenvalue weighted by Gasteiger charge is 2.41. The number of aliphatic hydroxyl groups is 2. The molecule has 0 aliphatic rings. The molecule has 3 atom stereocenters.